The van der Waals surface area contributed by atoms with Crippen LogP contribution in [0.5, 0.6) is 0 Å². The maximum Gasteiger partial charge on any atom is 0.292 e. The lowest BCUT2D eigenvalue weighted by Crippen LogP contribution is -2.17. The fraction of sp³-hybridized carbons (Fsp3) is 0.0870. The van der Waals surface area contributed by atoms with E-state index in [0.717, 1.165) is 22.3 Å². The van der Waals surface area contributed by atoms with Gasteiger partial charge in [-0.2, -0.15) is 9.78 Å². The molecular weight excluding hydrogens is 458 g/mol. The number of nitrogens with one attached hydrogen (secondary N) is 1. The fourth-order valence-corrected chi connectivity index (χ4v) is 3.81. The molecule has 0 aliphatic heterocycles. The summed E-state index contributed by atoms with van der Waals surface area (Å²) >= 11 is 3.22. The Morgan fingerprint density at radius 1 is 1.06 bits per heavy atom. The maximum absolute atomic E-state index is 12.7. The molecule has 0 fully saturated rings. The molecule has 3 heterocycles. The molecule has 0 radical (unpaired) electrons. The summed E-state index contributed by atoms with van der Waals surface area (Å²) in [6, 6.07) is 23.2. The first-order valence-electron chi connectivity index (χ1n) is 9.71. The van der Waals surface area contributed by atoms with Crippen LogP contribution in [0.2, 0.25) is 0 Å². The van der Waals surface area contributed by atoms with Gasteiger partial charge < -0.3 is 14.3 Å². The molecule has 5 aromatic rings. The van der Waals surface area contributed by atoms with Crippen molar-refractivity contribution in [3.63, 3.8) is 0 Å². The Hall–Kier alpha value is -3.65. The zero-order chi connectivity index (χ0) is 21.4. The Morgan fingerprint density at radius 2 is 1.84 bits per heavy atom. The summed E-state index contributed by atoms with van der Waals surface area (Å²) in [5.74, 6) is 0.973. The summed E-state index contributed by atoms with van der Waals surface area (Å²) in [6.07, 6.45) is 0. The maximum atomic E-state index is 12.7. The lowest BCUT2D eigenvalue weighted by atomic mass is 10.2. The number of hydrogen-bond acceptors (Lipinski definition) is 4. The SMILES string of the molecule is Cc1cc(NC(=O)c2ccc(Br)o2)n(-c2nc3ccccc3n2Cc2ccccc2)n1. The van der Waals surface area contributed by atoms with Gasteiger partial charge in [-0.1, -0.05) is 42.5 Å². The number of carbonyl (C=O) groups is 1. The third kappa shape index (κ3) is 3.77. The highest BCUT2D eigenvalue weighted by atomic mass is 79.9. The lowest BCUT2D eigenvalue weighted by molar-refractivity contribution is 0.0994. The predicted octanol–water partition coefficient (Wildman–Crippen LogP) is 5.19. The number of halogens is 1. The number of anilines is 1. The van der Waals surface area contributed by atoms with Gasteiger partial charge in [0.25, 0.3) is 5.91 Å². The minimum Gasteiger partial charge on any atom is -0.444 e. The number of furan rings is 1. The largest absolute Gasteiger partial charge is 0.444 e. The van der Waals surface area contributed by atoms with Crippen molar-refractivity contribution in [3.8, 4) is 5.95 Å². The molecule has 0 atom stereocenters. The van der Waals surface area contributed by atoms with Gasteiger partial charge in [-0.05, 0) is 52.7 Å². The third-order valence-electron chi connectivity index (χ3n) is 4.88. The fourth-order valence-electron chi connectivity index (χ4n) is 3.50. The lowest BCUT2D eigenvalue weighted by Gasteiger charge is -2.12. The van der Waals surface area contributed by atoms with E-state index in [1.807, 2.05) is 55.5 Å². The van der Waals surface area contributed by atoms with E-state index in [2.05, 4.69) is 43.0 Å². The Morgan fingerprint density at radius 3 is 2.61 bits per heavy atom. The van der Waals surface area contributed by atoms with E-state index in [9.17, 15) is 4.79 Å². The number of carbonyl (C=O) groups excluding carboxylic acids is 1. The molecule has 1 amide bonds. The number of aryl methyl sites for hydroxylation is 1. The van der Waals surface area contributed by atoms with Crippen LogP contribution in [0.4, 0.5) is 5.82 Å². The van der Waals surface area contributed by atoms with Crippen LogP contribution in [-0.4, -0.2) is 25.2 Å². The summed E-state index contributed by atoms with van der Waals surface area (Å²) < 4.78 is 9.62. The molecule has 7 nitrogen and oxygen atoms in total. The van der Waals surface area contributed by atoms with Crippen molar-refractivity contribution in [1.29, 1.82) is 0 Å². The Bertz CT molecular complexity index is 1380. The topological polar surface area (TPSA) is 77.9 Å². The highest BCUT2D eigenvalue weighted by molar-refractivity contribution is 9.10. The normalized spacial score (nSPS) is 11.2. The molecule has 3 aromatic heterocycles. The van der Waals surface area contributed by atoms with Gasteiger partial charge in [0.1, 0.15) is 5.82 Å². The van der Waals surface area contributed by atoms with Gasteiger partial charge in [-0.15, -0.1) is 0 Å². The second-order valence-corrected chi connectivity index (χ2v) is 7.89. The van der Waals surface area contributed by atoms with Gasteiger partial charge in [0.15, 0.2) is 10.4 Å². The first-order valence-corrected chi connectivity index (χ1v) is 10.5. The van der Waals surface area contributed by atoms with E-state index < -0.39 is 0 Å². The number of benzene rings is 2. The average Bonchev–Trinajstić information content (AvgIpc) is 3.46. The molecule has 154 valence electrons. The van der Waals surface area contributed by atoms with Crippen molar-refractivity contribution in [3.05, 3.63) is 94.5 Å². The first kappa shape index (κ1) is 19.3. The number of fused-ring (bicyclic) bond motifs is 1. The molecule has 31 heavy (non-hydrogen) atoms. The number of amides is 1. The molecule has 0 saturated carbocycles. The van der Waals surface area contributed by atoms with Crippen LogP contribution in [0, 0.1) is 6.92 Å². The molecular formula is C23H18BrN5O2. The Kier molecular flexibility index (Phi) is 4.91. The third-order valence-corrected chi connectivity index (χ3v) is 5.30. The van der Waals surface area contributed by atoms with Crippen LogP contribution in [0.3, 0.4) is 0 Å². The molecule has 0 aliphatic rings. The summed E-state index contributed by atoms with van der Waals surface area (Å²) in [5, 5.41) is 7.50. The van der Waals surface area contributed by atoms with Crippen LogP contribution in [0.15, 0.2) is 81.9 Å². The Balaban J connectivity index is 1.60. The van der Waals surface area contributed by atoms with E-state index in [4.69, 9.17) is 9.40 Å². The summed E-state index contributed by atoms with van der Waals surface area (Å²) in [7, 11) is 0. The van der Waals surface area contributed by atoms with Crippen LogP contribution >= 0.6 is 15.9 Å². The van der Waals surface area contributed by atoms with Gasteiger partial charge in [-0.3, -0.25) is 4.79 Å². The molecule has 8 heteroatoms. The molecule has 0 spiro atoms. The molecule has 0 aliphatic carbocycles. The minimum atomic E-state index is -0.363. The van der Waals surface area contributed by atoms with Crippen LogP contribution in [0.1, 0.15) is 21.8 Å². The van der Waals surface area contributed by atoms with E-state index >= 15 is 0 Å². The minimum absolute atomic E-state index is 0.204. The second-order valence-electron chi connectivity index (χ2n) is 7.11. The zero-order valence-corrected chi connectivity index (χ0v) is 18.2. The molecule has 0 unspecified atom stereocenters. The summed E-state index contributed by atoms with van der Waals surface area (Å²) in [5.41, 5.74) is 3.74. The number of rotatable bonds is 5. The van der Waals surface area contributed by atoms with Crippen molar-refractivity contribution in [1.82, 2.24) is 19.3 Å². The van der Waals surface area contributed by atoms with Crippen LogP contribution in [0.25, 0.3) is 17.0 Å². The number of aromatic nitrogens is 4. The van der Waals surface area contributed by atoms with E-state index in [1.54, 1.807) is 16.8 Å². The van der Waals surface area contributed by atoms with Crippen molar-refractivity contribution >= 4 is 38.7 Å². The number of para-hydroxylation sites is 2. The summed E-state index contributed by atoms with van der Waals surface area (Å²) in [4.78, 5) is 17.5. The molecule has 2 aromatic carbocycles. The monoisotopic (exact) mass is 475 g/mol. The molecule has 1 N–H and O–H groups in total. The summed E-state index contributed by atoms with van der Waals surface area (Å²) in [6.45, 7) is 2.49. The van der Waals surface area contributed by atoms with E-state index in [0.29, 0.717) is 23.0 Å². The molecule has 5 rings (SSSR count). The van der Waals surface area contributed by atoms with Gasteiger partial charge in [0.05, 0.1) is 23.3 Å². The number of imidazole rings is 1. The van der Waals surface area contributed by atoms with E-state index in [-0.39, 0.29) is 11.7 Å². The highest BCUT2D eigenvalue weighted by Gasteiger charge is 2.20. The van der Waals surface area contributed by atoms with Gasteiger partial charge in [-0.25, -0.2) is 4.98 Å². The average molecular weight is 476 g/mol. The van der Waals surface area contributed by atoms with Gasteiger partial charge >= 0.3 is 0 Å². The van der Waals surface area contributed by atoms with E-state index in [1.165, 1.54) is 0 Å². The van der Waals surface area contributed by atoms with Crippen molar-refractivity contribution in [2.45, 2.75) is 13.5 Å². The van der Waals surface area contributed by atoms with Crippen molar-refractivity contribution in [2.75, 3.05) is 5.32 Å². The first-order chi connectivity index (χ1) is 15.1. The van der Waals surface area contributed by atoms with Crippen LogP contribution in [-0.2, 0) is 6.54 Å². The smallest absolute Gasteiger partial charge is 0.292 e. The predicted molar refractivity (Wildman–Crippen MR) is 121 cm³/mol. The molecule has 0 saturated heterocycles. The standard InChI is InChI=1S/C23H18BrN5O2/c1-15-13-21(26-22(30)19-11-12-20(24)31-19)29(27-15)23-25-17-9-5-6-10-18(17)28(23)14-16-7-3-2-4-8-16/h2-13H,14H2,1H3,(H,26,30). The molecule has 0 bridgehead atoms. The quantitative estimate of drug-likeness (QED) is 0.379. The Labute approximate surface area is 186 Å². The number of nitrogens with zero attached hydrogens (tertiary/aromatic N) is 4. The van der Waals surface area contributed by atoms with Crippen LogP contribution < -0.4 is 5.32 Å². The second kappa shape index (κ2) is 7.88. The van der Waals surface area contributed by atoms with Crippen molar-refractivity contribution < 1.29 is 9.21 Å². The zero-order valence-electron chi connectivity index (χ0n) is 16.6. The highest BCUT2D eigenvalue weighted by Crippen LogP contribution is 2.24. The van der Waals surface area contributed by atoms with Gasteiger partial charge in [0, 0.05) is 6.07 Å². The number of hydrogen-bond donors (Lipinski definition) is 1. The van der Waals surface area contributed by atoms with Gasteiger partial charge in [0.2, 0.25) is 5.95 Å². The van der Waals surface area contributed by atoms with Crippen molar-refractivity contribution in [2.24, 2.45) is 0 Å².